The van der Waals surface area contributed by atoms with E-state index in [-0.39, 0.29) is 22.1 Å². The van der Waals surface area contributed by atoms with E-state index in [1.54, 1.807) is 66.0 Å². The number of benzene rings is 2. The zero-order valence-electron chi connectivity index (χ0n) is 13.9. The normalized spacial score (nSPS) is 10.1. The molecule has 0 aliphatic carbocycles. The molecule has 0 fully saturated rings. The molecule has 27 heavy (non-hydrogen) atoms. The van der Waals surface area contributed by atoms with Crippen molar-refractivity contribution in [3.63, 3.8) is 0 Å². The molecule has 0 unspecified atom stereocenters. The van der Waals surface area contributed by atoms with Crippen LogP contribution in [0.25, 0.3) is 0 Å². The zero-order valence-corrected chi connectivity index (χ0v) is 15.4. The van der Waals surface area contributed by atoms with E-state index in [0.29, 0.717) is 10.6 Å². The number of hydrazine groups is 1. The first-order valence-corrected chi connectivity index (χ1v) is 9.11. The minimum atomic E-state index is -0.572. The maximum absolute atomic E-state index is 12.4. The van der Waals surface area contributed by atoms with Crippen molar-refractivity contribution >= 4 is 46.3 Å². The van der Waals surface area contributed by atoms with Gasteiger partial charge in [-0.25, -0.2) is 0 Å². The number of carbonyl (C=O) groups is 3. The summed E-state index contributed by atoms with van der Waals surface area (Å²) in [5, 5.41) is 4.76. The number of hydrogen-bond donors (Lipinski definition) is 3. The molecule has 0 saturated heterocycles. The molecule has 3 amide bonds. The molecule has 0 bridgehead atoms. The summed E-state index contributed by atoms with van der Waals surface area (Å²) < 4.78 is 0. The van der Waals surface area contributed by atoms with Gasteiger partial charge in [-0.05, 0) is 35.7 Å². The predicted molar refractivity (Wildman–Crippen MR) is 105 cm³/mol. The Labute approximate surface area is 164 Å². The first-order chi connectivity index (χ1) is 13.1. The predicted octanol–water partition coefficient (Wildman–Crippen LogP) is 3.73. The smallest absolute Gasteiger partial charge is 0.271 e. The lowest BCUT2D eigenvalue weighted by molar-refractivity contribution is 0.0847. The van der Waals surface area contributed by atoms with Gasteiger partial charge < -0.3 is 5.32 Å². The maximum atomic E-state index is 12.4. The van der Waals surface area contributed by atoms with Crippen LogP contribution in [0.5, 0.6) is 0 Å². The second-order valence-corrected chi connectivity index (χ2v) is 6.72. The van der Waals surface area contributed by atoms with E-state index in [1.165, 1.54) is 11.3 Å². The third-order valence-corrected chi connectivity index (χ3v) is 4.77. The average molecular weight is 400 g/mol. The summed E-state index contributed by atoms with van der Waals surface area (Å²) in [6, 6.07) is 16.4. The molecule has 3 rings (SSSR count). The van der Waals surface area contributed by atoms with Gasteiger partial charge >= 0.3 is 0 Å². The highest BCUT2D eigenvalue weighted by Crippen LogP contribution is 2.18. The fourth-order valence-electron chi connectivity index (χ4n) is 2.28. The van der Waals surface area contributed by atoms with E-state index in [9.17, 15) is 14.4 Å². The van der Waals surface area contributed by atoms with Gasteiger partial charge in [-0.15, -0.1) is 11.3 Å². The summed E-state index contributed by atoms with van der Waals surface area (Å²) in [5.41, 5.74) is 5.42. The second kappa shape index (κ2) is 8.48. The van der Waals surface area contributed by atoms with Crippen molar-refractivity contribution in [2.75, 3.05) is 5.32 Å². The number of nitrogens with one attached hydrogen (secondary N) is 3. The molecular formula is C19H14ClN3O3S. The molecule has 6 nitrogen and oxygen atoms in total. The summed E-state index contributed by atoms with van der Waals surface area (Å²) in [6.07, 6.45) is 0. The van der Waals surface area contributed by atoms with Gasteiger partial charge in [0.05, 0.1) is 26.7 Å². The van der Waals surface area contributed by atoms with Gasteiger partial charge in [0.1, 0.15) is 0 Å². The highest BCUT2D eigenvalue weighted by molar-refractivity contribution is 7.12. The first kappa shape index (κ1) is 18.6. The number of para-hydroxylation sites is 1. The summed E-state index contributed by atoms with van der Waals surface area (Å²) >= 11 is 7.26. The van der Waals surface area contributed by atoms with Crippen LogP contribution in [0, 0.1) is 0 Å². The van der Waals surface area contributed by atoms with E-state index >= 15 is 0 Å². The van der Waals surface area contributed by atoms with Crippen LogP contribution in [0.4, 0.5) is 5.69 Å². The van der Waals surface area contributed by atoms with Crippen molar-refractivity contribution in [2.45, 2.75) is 0 Å². The molecule has 0 aliphatic rings. The van der Waals surface area contributed by atoms with Crippen LogP contribution in [0.15, 0.2) is 66.0 Å². The highest BCUT2D eigenvalue weighted by atomic mass is 35.5. The molecule has 3 aromatic rings. The van der Waals surface area contributed by atoms with Crippen molar-refractivity contribution in [2.24, 2.45) is 0 Å². The van der Waals surface area contributed by atoms with Crippen LogP contribution in [0.3, 0.4) is 0 Å². The van der Waals surface area contributed by atoms with Crippen molar-refractivity contribution in [3.8, 4) is 0 Å². The van der Waals surface area contributed by atoms with Crippen LogP contribution < -0.4 is 16.2 Å². The van der Waals surface area contributed by atoms with E-state index in [0.717, 1.165) is 0 Å². The highest BCUT2D eigenvalue weighted by Gasteiger charge is 2.16. The minimum Gasteiger partial charge on any atom is -0.321 e. The number of thiophene rings is 1. The van der Waals surface area contributed by atoms with Gasteiger partial charge in [0, 0.05) is 0 Å². The summed E-state index contributed by atoms with van der Waals surface area (Å²) in [4.78, 5) is 37.3. The molecule has 2 aromatic carbocycles. The third kappa shape index (κ3) is 4.52. The molecule has 1 heterocycles. The SMILES string of the molecule is O=C(Nc1ccccc1C(=O)NNC(=O)c1ccccc1Cl)c1cccs1. The number of rotatable bonds is 4. The Balaban J connectivity index is 1.69. The first-order valence-electron chi connectivity index (χ1n) is 7.85. The van der Waals surface area contributed by atoms with Crippen LogP contribution >= 0.6 is 22.9 Å². The zero-order chi connectivity index (χ0) is 19.2. The quantitative estimate of drug-likeness (QED) is 0.584. The lowest BCUT2D eigenvalue weighted by atomic mass is 10.1. The third-order valence-electron chi connectivity index (χ3n) is 3.57. The number of anilines is 1. The van der Waals surface area contributed by atoms with Crippen molar-refractivity contribution in [1.29, 1.82) is 0 Å². The number of carbonyl (C=O) groups excluding carboxylic acids is 3. The maximum Gasteiger partial charge on any atom is 0.271 e. The molecule has 3 N–H and O–H groups in total. The van der Waals surface area contributed by atoms with Crippen LogP contribution in [-0.2, 0) is 0 Å². The molecule has 0 saturated carbocycles. The molecule has 0 radical (unpaired) electrons. The molecule has 8 heteroatoms. The Morgan fingerprint density at radius 3 is 2.04 bits per heavy atom. The monoisotopic (exact) mass is 399 g/mol. The fourth-order valence-corrected chi connectivity index (χ4v) is 3.12. The van der Waals surface area contributed by atoms with Crippen molar-refractivity contribution < 1.29 is 14.4 Å². The summed E-state index contributed by atoms with van der Waals surface area (Å²) in [5.74, 6) is -1.43. The Bertz CT molecular complexity index is 989. The standard InChI is InChI=1S/C19H14ClN3O3S/c20-14-8-3-1-6-12(14)17(24)22-23-18(25)13-7-2-4-9-15(13)21-19(26)16-10-5-11-27-16/h1-11H,(H,21,26)(H,22,24)(H,23,25). The van der Waals surface area contributed by atoms with Crippen molar-refractivity contribution in [1.82, 2.24) is 10.9 Å². The van der Waals surface area contributed by atoms with Crippen molar-refractivity contribution in [3.05, 3.63) is 87.1 Å². The van der Waals surface area contributed by atoms with Crippen LogP contribution in [-0.4, -0.2) is 17.7 Å². The van der Waals surface area contributed by atoms with Gasteiger partial charge in [0.15, 0.2) is 0 Å². The van der Waals surface area contributed by atoms with Gasteiger partial charge in [0.25, 0.3) is 17.7 Å². The summed E-state index contributed by atoms with van der Waals surface area (Å²) in [6.45, 7) is 0. The van der Waals surface area contributed by atoms with E-state index < -0.39 is 11.8 Å². The topological polar surface area (TPSA) is 87.3 Å². The Morgan fingerprint density at radius 1 is 0.741 bits per heavy atom. The molecule has 0 atom stereocenters. The van der Waals surface area contributed by atoms with Gasteiger partial charge in [-0.1, -0.05) is 41.9 Å². The average Bonchev–Trinajstić information content (AvgIpc) is 3.21. The molecule has 0 aliphatic heterocycles. The fraction of sp³-hybridized carbons (Fsp3) is 0. The number of amides is 3. The Morgan fingerprint density at radius 2 is 1.37 bits per heavy atom. The summed E-state index contributed by atoms with van der Waals surface area (Å²) in [7, 11) is 0. The van der Waals surface area contributed by atoms with Gasteiger partial charge in [-0.3, -0.25) is 25.2 Å². The number of hydrogen-bond acceptors (Lipinski definition) is 4. The van der Waals surface area contributed by atoms with Crippen LogP contribution in [0.2, 0.25) is 5.02 Å². The largest absolute Gasteiger partial charge is 0.321 e. The lowest BCUT2D eigenvalue weighted by Gasteiger charge is -2.12. The van der Waals surface area contributed by atoms with Gasteiger partial charge in [-0.2, -0.15) is 0 Å². The van der Waals surface area contributed by atoms with E-state index in [4.69, 9.17) is 11.6 Å². The van der Waals surface area contributed by atoms with E-state index in [2.05, 4.69) is 16.2 Å². The Hall–Kier alpha value is -3.16. The lowest BCUT2D eigenvalue weighted by Crippen LogP contribution is -2.42. The molecule has 136 valence electrons. The molecule has 0 spiro atoms. The van der Waals surface area contributed by atoms with Gasteiger partial charge in [0.2, 0.25) is 0 Å². The number of halogens is 1. The second-order valence-electron chi connectivity index (χ2n) is 5.37. The Kier molecular flexibility index (Phi) is 5.85. The molecule has 1 aromatic heterocycles. The minimum absolute atomic E-state index is 0.210. The van der Waals surface area contributed by atoms with Crippen LogP contribution in [0.1, 0.15) is 30.4 Å². The van der Waals surface area contributed by atoms with E-state index in [1.807, 2.05) is 0 Å². The molecular weight excluding hydrogens is 386 g/mol.